The molecule has 2 aromatic heterocycles. The average molecular weight is 510 g/mol. The van der Waals surface area contributed by atoms with Gasteiger partial charge < -0.3 is 15.1 Å². The highest BCUT2D eigenvalue weighted by Gasteiger charge is 2.02. The third-order valence-corrected chi connectivity index (χ3v) is 5.03. The van der Waals surface area contributed by atoms with Crippen LogP contribution in [0.2, 0.25) is 0 Å². The van der Waals surface area contributed by atoms with Crippen molar-refractivity contribution >= 4 is 41.3 Å². The number of aliphatic imine (C=N–C) groups is 1. The number of nitrogens with zero attached hydrogens (tertiary/aromatic N) is 2. The van der Waals surface area contributed by atoms with E-state index in [-0.39, 0.29) is 24.0 Å². The van der Waals surface area contributed by atoms with Gasteiger partial charge in [-0.25, -0.2) is 4.98 Å². The molecule has 0 aliphatic carbocycles. The number of aromatic nitrogens is 1. The highest BCUT2D eigenvalue weighted by Crippen LogP contribution is 2.11. The Bertz CT molecular complexity index is 818. The summed E-state index contributed by atoms with van der Waals surface area (Å²) >= 11 is 1.74. The Balaban J connectivity index is 0.00000280. The first-order chi connectivity index (χ1) is 13.3. The van der Waals surface area contributed by atoms with E-state index in [4.69, 9.17) is 9.41 Å². The molecule has 2 N–H and O–H groups in total. The second-order valence-electron chi connectivity index (χ2n) is 6.26. The molecule has 3 aromatic rings. The molecule has 0 radical (unpaired) electrons. The highest BCUT2D eigenvalue weighted by atomic mass is 127. The summed E-state index contributed by atoms with van der Waals surface area (Å²) in [5, 5.41) is 7.96. The standard InChI is InChI=1S/C21H26N4OS.HI/c1-17-16-25-20(27-17)11-14-24-21(23-13-10-19-8-5-15-26-19)22-12-9-18-6-3-2-4-7-18;/h2-8,15-16H,9-14H2,1H3,(H2,22,23,24);1H. The molecule has 0 spiro atoms. The van der Waals surface area contributed by atoms with E-state index in [1.54, 1.807) is 17.6 Å². The molecule has 0 saturated carbocycles. The maximum absolute atomic E-state index is 5.39. The fraction of sp³-hybridized carbons (Fsp3) is 0.333. The maximum Gasteiger partial charge on any atom is 0.191 e. The van der Waals surface area contributed by atoms with Crippen molar-refractivity contribution in [2.24, 2.45) is 4.99 Å². The number of benzene rings is 1. The van der Waals surface area contributed by atoms with Gasteiger partial charge in [0.05, 0.1) is 11.3 Å². The average Bonchev–Trinajstić information content (AvgIpc) is 3.34. The monoisotopic (exact) mass is 510 g/mol. The van der Waals surface area contributed by atoms with Gasteiger partial charge in [0.2, 0.25) is 0 Å². The Morgan fingerprint density at radius 1 is 1.04 bits per heavy atom. The Kier molecular flexibility index (Phi) is 10.1. The Labute approximate surface area is 187 Å². The van der Waals surface area contributed by atoms with Crippen LogP contribution in [0.1, 0.15) is 21.2 Å². The minimum Gasteiger partial charge on any atom is -0.469 e. The largest absolute Gasteiger partial charge is 0.469 e. The van der Waals surface area contributed by atoms with Crippen LogP contribution in [0.5, 0.6) is 0 Å². The van der Waals surface area contributed by atoms with Crippen LogP contribution in [0.15, 0.2) is 64.3 Å². The quantitative estimate of drug-likeness (QED) is 0.257. The minimum absolute atomic E-state index is 0. The van der Waals surface area contributed by atoms with Crippen molar-refractivity contribution in [3.63, 3.8) is 0 Å². The summed E-state index contributed by atoms with van der Waals surface area (Å²) in [7, 11) is 0. The molecule has 0 aliphatic heterocycles. The van der Waals surface area contributed by atoms with Crippen LogP contribution in [-0.4, -0.2) is 30.6 Å². The van der Waals surface area contributed by atoms with E-state index in [0.29, 0.717) is 6.54 Å². The summed E-state index contributed by atoms with van der Waals surface area (Å²) in [5.74, 6) is 1.81. The fourth-order valence-corrected chi connectivity index (χ4v) is 3.46. The Morgan fingerprint density at radius 2 is 1.82 bits per heavy atom. The lowest BCUT2D eigenvalue weighted by Gasteiger charge is -2.12. The first-order valence-corrected chi connectivity index (χ1v) is 10.1. The zero-order chi connectivity index (χ0) is 18.7. The van der Waals surface area contributed by atoms with Gasteiger partial charge in [-0.3, -0.25) is 4.99 Å². The van der Waals surface area contributed by atoms with Crippen LogP contribution in [0.3, 0.4) is 0 Å². The Morgan fingerprint density at radius 3 is 2.50 bits per heavy atom. The summed E-state index contributed by atoms with van der Waals surface area (Å²) in [6.45, 7) is 4.42. The number of furan rings is 1. The lowest BCUT2D eigenvalue weighted by Crippen LogP contribution is -2.39. The van der Waals surface area contributed by atoms with E-state index in [1.165, 1.54) is 10.4 Å². The molecule has 1 aromatic carbocycles. The number of nitrogens with one attached hydrogen (secondary N) is 2. The first kappa shape index (κ1) is 22.4. The number of hydrogen-bond donors (Lipinski definition) is 2. The molecular weight excluding hydrogens is 483 g/mol. The van der Waals surface area contributed by atoms with Gasteiger partial charge in [-0.1, -0.05) is 30.3 Å². The smallest absolute Gasteiger partial charge is 0.191 e. The molecule has 0 fully saturated rings. The van der Waals surface area contributed by atoms with Gasteiger partial charge in [0.25, 0.3) is 0 Å². The van der Waals surface area contributed by atoms with Crippen LogP contribution >= 0.6 is 35.3 Å². The number of hydrogen-bond acceptors (Lipinski definition) is 4. The molecule has 28 heavy (non-hydrogen) atoms. The van der Waals surface area contributed by atoms with E-state index in [9.17, 15) is 0 Å². The lowest BCUT2D eigenvalue weighted by molar-refractivity contribution is 0.506. The van der Waals surface area contributed by atoms with Crippen molar-refractivity contribution in [1.82, 2.24) is 15.6 Å². The highest BCUT2D eigenvalue weighted by molar-refractivity contribution is 14.0. The van der Waals surface area contributed by atoms with Gasteiger partial charge in [0, 0.05) is 43.5 Å². The molecule has 0 saturated heterocycles. The van der Waals surface area contributed by atoms with Crippen molar-refractivity contribution in [2.75, 3.05) is 19.6 Å². The normalized spacial score (nSPS) is 11.1. The predicted molar refractivity (Wildman–Crippen MR) is 127 cm³/mol. The van der Waals surface area contributed by atoms with E-state index >= 15 is 0 Å². The number of guanidine groups is 1. The van der Waals surface area contributed by atoms with E-state index in [0.717, 1.165) is 49.1 Å². The van der Waals surface area contributed by atoms with Crippen molar-refractivity contribution in [2.45, 2.75) is 26.2 Å². The van der Waals surface area contributed by atoms with Gasteiger partial charge in [-0.15, -0.1) is 35.3 Å². The number of rotatable bonds is 9. The fourth-order valence-electron chi connectivity index (χ4n) is 2.68. The van der Waals surface area contributed by atoms with Crippen molar-refractivity contribution in [1.29, 1.82) is 0 Å². The summed E-state index contributed by atoms with van der Waals surface area (Å²) in [6, 6.07) is 14.4. The van der Waals surface area contributed by atoms with E-state index in [2.05, 4.69) is 46.8 Å². The maximum atomic E-state index is 5.39. The molecule has 0 amide bonds. The van der Waals surface area contributed by atoms with Crippen molar-refractivity contribution < 1.29 is 4.42 Å². The molecule has 3 rings (SSSR count). The SMILES string of the molecule is Cc1cnc(CCN=C(NCCc2ccccc2)NCCc2ccco2)s1.I. The van der Waals surface area contributed by atoms with Gasteiger partial charge in [0.15, 0.2) is 5.96 Å². The number of thiazole rings is 1. The molecule has 0 unspecified atom stereocenters. The van der Waals surface area contributed by atoms with Gasteiger partial charge >= 0.3 is 0 Å². The van der Waals surface area contributed by atoms with Crippen molar-refractivity contribution in [3.05, 3.63) is 76.1 Å². The zero-order valence-electron chi connectivity index (χ0n) is 16.1. The molecule has 7 heteroatoms. The van der Waals surface area contributed by atoms with Crippen LogP contribution in [0.25, 0.3) is 0 Å². The molecule has 0 bridgehead atoms. The van der Waals surface area contributed by atoms with Crippen LogP contribution in [-0.2, 0) is 19.3 Å². The van der Waals surface area contributed by atoms with Crippen LogP contribution in [0.4, 0.5) is 0 Å². The van der Waals surface area contributed by atoms with Crippen molar-refractivity contribution in [3.8, 4) is 0 Å². The third-order valence-electron chi connectivity index (χ3n) is 4.06. The molecular formula is C21H27IN4OS. The first-order valence-electron chi connectivity index (χ1n) is 9.29. The van der Waals surface area contributed by atoms with Gasteiger partial charge in [-0.2, -0.15) is 0 Å². The third kappa shape index (κ3) is 8.02. The minimum atomic E-state index is 0. The summed E-state index contributed by atoms with van der Waals surface area (Å²) in [6.07, 6.45) is 6.29. The molecule has 5 nitrogen and oxygen atoms in total. The lowest BCUT2D eigenvalue weighted by atomic mass is 10.1. The zero-order valence-corrected chi connectivity index (χ0v) is 19.2. The topological polar surface area (TPSA) is 62.5 Å². The van der Waals surface area contributed by atoms with E-state index in [1.807, 2.05) is 24.4 Å². The molecule has 2 heterocycles. The van der Waals surface area contributed by atoms with Crippen LogP contribution < -0.4 is 10.6 Å². The van der Waals surface area contributed by atoms with Gasteiger partial charge in [-0.05, 0) is 31.0 Å². The summed E-state index contributed by atoms with van der Waals surface area (Å²) in [4.78, 5) is 10.4. The number of aryl methyl sites for hydroxylation is 1. The molecule has 0 atom stereocenters. The number of halogens is 1. The Hall–Kier alpha value is -1.87. The predicted octanol–water partition coefficient (Wildman–Crippen LogP) is 4.23. The van der Waals surface area contributed by atoms with E-state index < -0.39 is 0 Å². The second kappa shape index (κ2) is 12.6. The second-order valence-corrected chi connectivity index (χ2v) is 7.58. The molecule has 0 aliphatic rings. The summed E-state index contributed by atoms with van der Waals surface area (Å²) in [5.41, 5.74) is 1.32. The molecule has 150 valence electrons. The van der Waals surface area contributed by atoms with Crippen LogP contribution in [0, 0.1) is 6.92 Å². The van der Waals surface area contributed by atoms with Gasteiger partial charge in [0.1, 0.15) is 5.76 Å². The summed E-state index contributed by atoms with van der Waals surface area (Å²) < 4.78 is 5.39.